The van der Waals surface area contributed by atoms with Gasteiger partial charge >= 0.3 is 6.18 Å². The number of nitrogens with zero attached hydrogens (tertiary/aromatic N) is 2. The van der Waals surface area contributed by atoms with E-state index in [9.17, 15) is 21.6 Å². The molecule has 124 valence electrons. The van der Waals surface area contributed by atoms with E-state index >= 15 is 0 Å². The van der Waals surface area contributed by atoms with Crippen molar-refractivity contribution in [3.63, 3.8) is 0 Å². The number of aryl methyl sites for hydroxylation is 1. The number of benzene rings is 1. The Hall–Kier alpha value is -1.87. The first kappa shape index (κ1) is 16.0. The first-order valence-electron chi connectivity index (χ1n) is 6.96. The van der Waals surface area contributed by atoms with E-state index < -0.39 is 21.8 Å². The molecule has 23 heavy (non-hydrogen) atoms. The zero-order chi connectivity index (χ0) is 16.7. The Labute approximate surface area is 131 Å². The van der Waals surface area contributed by atoms with Crippen molar-refractivity contribution in [1.82, 2.24) is 14.5 Å². The van der Waals surface area contributed by atoms with Crippen LogP contribution in [0, 0.1) is 0 Å². The Balaban J connectivity index is 1.80. The smallest absolute Gasteiger partial charge is 0.269 e. The van der Waals surface area contributed by atoms with E-state index in [1.807, 2.05) is 0 Å². The van der Waals surface area contributed by atoms with Gasteiger partial charge in [-0.05, 0) is 30.7 Å². The summed E-state index contributed by atoms with van der Waals surface area (Å²) < 4.78 is 67.1. The van der Waals surface area contributed by atoms with Crippen molar-refractivity contribution in [2.75, 3.05) is 0 Å². The monoisotopic (exact) mass is 345 g/mol. The number of hydrogen-bond donors (Lipinski definition) is 1. The molecule has 0 amide bonds. The van der Waals surface area contributed by atoms with Gasteiger partial charge in [0.15, 0.2) is 0 Å². The van der Waals surface area contributed by atoms with Crippen molar-refractivity contribution in [3.8, 4) is 0 Å². The van der Waals surface area contributed by atoms with Crippen molar-refractivity contribution < 1.29 is 21.6 Å². The maximum atomic E-state index is 12.7. The fraction of sp³-hybridized carbons (Fsp3) is 0.357. The summed E-state index contributed by atoms with van der Waals surface area (Å²) >= 11 is 0. The minimum Gasteiger partial charge on any atom is -0.269 e. The van der Waals surface area contributed by atoms with Gasteiger partial charge in [-0.1, -0.05) is 6.07 Å². The van der Waals surface area contributed by atoms with Crippen LogP contribution in [-0.4, -0.2) is 24.2 Å². The number of sulfonamides is 1. The molecule has 0 saturated heterocycles. The lowest BCUT2D eigenvalue weighted by Crippen LogP contribution is -2.40. The highest BCUT2D eigenvalue weighted by Gasteiger charge is 2.32. The quantitative estimate of drug-likeness (QED) is 0.928. The van der Waals surface area contributed by atoms with Gasteiger partial charge in [0.05, 0.1) is 10.5 Å². The molecule has 1 aromatic heterocycles. The third-order valence-corrected chi connectivity index (χ3v) is 5.26. The molecule has 0 fully saturated rings. The summed E-state index contributed by atoms with van der Waals surface area (Å²) in [5.41, 5.74) is -0.0879. The molecule has 3 rings (SSSR count). The summed E-state index contributed by atoms with van der Waals surface area (Å²) in [7, 11) is -4.01. The summed E-state index contributed by atoms with van der Waals surface area (Å²) in [6.07, 6.45) is -1.95. The lowest BCUT2D eigenvalue weighted by molar-refractivity contribution is -0.137. The van der Waals surface area contributed by atoms with Crippen LogP contribution in [0.15, 0.2) is 41.4 Å². The molecular formula is C14H14F3N3O2S. The van der Waals surface area contributed by atoms with Crippen LogP contribution in [0.25, 0.3) is 0 Å². The van der Waals surface area contributed by atoms with Crippen LogP contribution in [0.4, 0.5) is 13.2 Å². The zero-order valence-electron chi connectivity index (χ0n) is 11.9. The van der Waals surface area contributed by atoms with E-state index in [4.69, 9.17) is 0 Å². The van der Waals surface area contributed by atoms with E-state index in [1.54, 1.807) is 16.9 Å². The maximum absolute atomic E-state index is 12.7. The molecule has 1 aromatic carbocycles. The van der Waals surface area contributed by atoms with Crippen LogP contribution < -0.4 is 4.72 Å². The van der Waals surface area contributed by atoms with Gasteiger partial charge in [-0.15, -0.1) is 0 Å². The molecule has 1 aliphatic rings. The van der Waals surface area contributed by atoms with Gasteiger partial charge in [0.1, 0.15) is 0 Å². The first-order chi connectivity index (χ1) is 10.8. The third kappa shape index (κ3) is 3.40. The SMILES string of the molecule is O=S(=O)(N[C@H]1CCn2nccc2C1)c1cccc(C(F)(F)F)c1. The van der Waals surface area contributed by atoms with Gasteiger partial charge < -0.3 is 0 Å². The highest BCUT2D eigenvalue weighted by Crippen LogP contribution is 2.30. The fourth-order valence-electron chi connectivity index (χ4n) is 2.60. The molecule has 2 heterocycles. The van der Waals surface area contributed by atoms with Crippen molar-refractivity contribution in [1.29, 1.82) is 0 Å². The first-order valence-corrected chi connectivity index (χ1v) is 8.44. The topological polar surface area (TPSA) is 64.0 Å². The molecule has 0 spiro atoms. The molecule has 0 radical (unpaired) electrons. The fourth-order valence-corrected chi connectivity index (χ4v) is 3.91. The molecular weight excluding hydrogens is 331 g/mol. The lowest BCUT2D eigenvalue weighted by Gasteiger charge is -2.24. The Morgan fingerprint density at radius 1 is 1.26 bits per heavy atom. The van der Waals surface area contributed by atoms with Crippen LogP contribution in [-0.2, 0) is 29.2 Å². The normalized spacial score (nSPS) is 18.7. The van der Waals surface area contributed by atoms with Crippen molar-refractivity contribution in [2.45, 2.75) is 36.5 Å². The molecule has 0 unspecified atom stereocenters. The number of halogens is 3. The number of rotatable bonds is 3. The van der Waals surface area contributed by atoms with Crippen molar-refractivity contribution in [2.24, 2.45) is 0 Å². The highest BCUT2D eigenvalue weighted by molar-refractivity contribution is 7.89. The average Bonchev–Trinajstić information content (AvgIpc) is 2.93. The Kier molecular flexibility index (Phi) is 3.93. The van der Waals surface area contributed by atoms with Crippen LogP contribution >= 0.6 is 0 Å². The van der Waals surface area contributed by atoms with Gasteiger partial charge in [0.25, 0.3) is 0 Å². The molecule has 9 heteroatoms. The molecule has 2 aromatic rings. The predicted molar refractivity (Wildman–Crippen MR) is 76.1 cm³/mol. The number of aromatic nitrogens is 2. The van der Waals surface area contributed by atoms with Crippen LogP contribution in [0.1, 0.15) is 17.7 Å². The van der Waals surface area contributed by atoms with Gasteiger partial charge in [0, 0.05) is 30.9 Å². The number of alkyl halides is 3. The number of fused-ring (bicyclic) bond motifs is 1. The standard InChI is InChI=1S/C14H14F3N3O2S/c15-14(16,17)10-2-1-3-13(8-10)23(21,22)19-11-5-7-20-12(9-11)4-6-18-20/h1-4,6,8,11,19H,5,7,9H2/t11-/m0/s1. The van der Waals surface area contributed by atoms with E-state index in [0.717, 1.165) is 23.9 Å². The summed E-state index contributed by atoms with van der Waals surface area (Å²) in [6, 6.07) is 5.18. The largest absolute Gasteiger partial charge is 0.416 e. The lowest BCUT2D eigenvalue weighted by atomic mass is 10.1. The van der Waals surface area contributed by atoms with Gasteiger partial charge in [-0.2, -0.15) is 18.3 Å². The molecule has 1 aliphatic heterocycles. The second-order valence-corrected chi connectivity index (χ2v) is 7.10. The van der Waals surface area contributed by atoms with Crippen molar-refractivity contribution in [3.05, 3.63) is 47.8 Å². The molecule has 5 nitrogen and oxygen atoms in total. The van der Waals surface area contributed by atoms with Crippen LogP contribution in [0.3, 0.4) is 0 Å². The Morgan fingerprint density at radius 3 is 2.78 bits per heavy atom. The molecule has 1 N–H and O–H groups in total. The van der Waals surface area contributed by atoms with E-state index in [1.165, 1.54) is 0 Å². The predicted octanol–water partition coefficient (Wildman–Crippen LogP) is 2.20. The van der Waals surface area contributed by atoms with Crippen LogP contribution in [0.5, 0.6) is 0 Å². The highest BCUT2D eigenvalue weighted by atomic mass is 32.2. The minimum absolute atomic E-state index is 0.362. The average molecular weight is 345 g/mol. The van der Waals surface area contributed by atoms with E-state index in [2.05, 4.69) is 9.82 Å². The molecule has 0 bridgehead atoms. The minimum atomic E-state index is -4.58. The van der Waals surface area contributed by atoms with Gasteiger partial charge in [-0.25, -0.2) is 13.1 Å². The third-order valence-electron chi connectivity index (χ3n) is 3.74. The van der Waals surface area contributed by atoms with E-state index in [-0.39, 0.29) is 10.9 Å². The van der Waals surface area contributed by atoms with E-state index in [0.29, 0.717) is 25.5 Å². The Bertz CT molecular complexity index is 815. The zero-order valence-corrected chi connectivity index (χ0v) is 12.7. The van der Waals surface area contributed by atoms with Crippen LogP contribution in [0.2, 0.25) is 0 Å². The summed E-state index contributed by atoms with van der Waals surface area (Å²) in [5.74, 6) is 0. The summed E-state index contributed by atoms with van der Waals surface area (Å²) in [6.45, 7) is 0.568. The molecule has 1 atom stereocenters. The maximum Gasteiger partial charge on any atom is 0.416 e. The van der Waals surface area contributed by atoms with Crippen molar-refractivity contribution >= 4 is 10.0 Å². The number of hydrogen-bond acceptors (Lipinski definition) is 3. The second-order valence-electron chi connectivity index (χ2n) is 5.38. The molecule has 0 aliphatic carbocycles. The Morgan fingerprint density at radius 2 is 2.04 bits per heavy atom. The van der Waals surface area contributed by atoms with Gasteiger partial charge in [-0.3, -0.25) is 4.68 Å². The molecule has 0 saturated carbocycles. The summed E-state index contributed by atoms with van der Waals surface area (Å²) in [5, 5.41) is 4.10. The van der Waals surface area contributed by atoms with Gasteiger partial charge in [0.2, 0.25) is 10.0 Å². The number of nitrogens with one attached hydrogen (secondary N) is 1. The second kappa shape index (κ2) is 5.64. The summed E-state index contributed by atoms with van der Waals surface area (Å²) in [4.78, 5) is -0.383.